The maximum absolute atomic E-state index is 12.4. The van der Waals surface area contributed by atoms with E-state index in [9.17, 15) is 8.78 Å². The Morgan fingerprint density at radius 1 is 1.33 bits per heavy atom. The van der Waals surface area contributed by atoms with E-state index < -0.39 is 6.61 Å². The number of hydrogen-bond donors (Lipinski definition) is 1. The maximum Gasteiger partial charge on any atom is 0.387 e. The molecule has 0 atom stereocenters. The van der Waals surface area contributed by atoms with Crippen molar-refractivity contribution in [3.8, 4) is 22.1 Å². The summed E-state index contributed by atoms with van der Waals surface area (Å²) in [6, 6.07) is 4.88. The van der Waals surface area contributed by atoms with E-state index >= 15 is 0 Å². The summed E-state index contributed by atoms with van der Waals surface area (Å²) in [7, 11) is 1.41. The number of aromatic nitrogens is 1. The Labute approximate surface area is 125 Å². The Hall–Kier alpha value is -1.73. The van der Waals surface area contributed by atoms with Crippen molar-refractivity contribution >= 4 is 11.3 Å². The third kappa shape index (κ3) is 4.12. The van der Waals surface area contributed by atoms with Gasteiger partial charge in [0, 0.05) is 17.5 Å². The van der Waals surface area contributed by atoms with E-state index in [0.717, 1.165) is 22.8 Å². The van der Waals surface area contributed by atoms with E-state index in [1.807, 2.05) is 12.3 Å². The van der Waals surface area contributed by atoms with E-state index in [1.54, 1.807) is 12.1 Å². The Kier molecular flexibility index (Phi) is 5.46. The lowest BCUT2D eigenvalue weighted by atomic mass is 10.2. The highest BCUT2D eigenvalue weighted by Crippen LogP contribution is 2.34. The van der Waals surface area contributed by atoms with Gasteiger partial charge in [0.2, 0.25) is 0 Å². The summed E-state index contributed by atoms with van der Waals surface area (Å²) in [4.78, 5) is 4.47. The summed E-state index contributed by atoms with van der Waals surface area (Å²) in [5.41, 5.74) is 1.64. The first-order valence-electron chi connectivity index (χ1n) is 6.42. The fourth-order valence-corrected chi connectivity index (χ4v) is 2.59. The van der Waals surface area contributed by atoms with E-state index in [-0.39, 0.29) is 11.5 Å². The molecule has 0 spiro atoms. The van der Waals surface area contributed by atoms with E-state index in [0.29, 0.717) is 6.54 Å². The van der Waals surface area contributed by atoms with Crippen molar-refractivity contribution in [1.29, 1.82) is 0 Å². The van der Waals surface area contributed by atoms with Gasteiger partial charge in [0.05, 0.1) is 12.8 Å². The van der Waals surface area contributed by atoms with Crippen molar-refractivity contribution < 1.29 is 18.3 Å². The number of alkyl halides is 2. The molecule has 21 heavy (non-hydrogen) atoms. The molecule has 1 aromatic carbocycles. The molecule has 2 rings (SSSR count). The van der Waals surface area contributed by atoms with Crippen molar-refractivity contribution in [3.63, 3.8) is 0 Å². The maximum atomic E-state index is 12.4. The van der Waals surface area contributed by atoms with Crippen molar-refractivity contribution in [2.24, 2.45) is 0 Å². The molecule has 0 radical (unpaired) electrons. The molecule has 0 fully saturated rings. The minimum atomic E-state index is -2.89. The van der Waals surface area contributed by atoms with Gasteiger partial charge in [-0.2, -0.15) is 8.78 Å². The molecule has 0 saturated carbocycles. The predicted molar refractivity (Wildman–Crippen MR) is 78.1 cm³/mol. The number of nitrogens with one attached hydrogen (secondary N) is 1. The number of halogens is 2. The predicted octanol–water partition coefficient (Wildman–Crippen LogP) is 3.53. The number of nitrogens with zero attached hydrogens (tertiary/aromatic N) is 1. The zero-order valence-corrected chi connectivity index (χ0v) is 12.5. The molecule has 0 aliphatic heterocycles. The molecular formula is C14H16F2N2O2S. The highest BCUT2D eigenvalue weighted by molar-refractivity contribution is 7.13. The van der Waals surface area contributed by atoms with Gasteiger partial charge in [0.15, 0.2) is 11.5 Å². The van der Waals surface area contributed by atoms with Crippen LogP contribution in [0.2, 0.25) is 0 Å². The number of thiazole rings is 1. The molecule has 0 saturated heterocycles. The van der Waals surface area contributed by atoms with Gasteiger partial charge >= 0.3 is 6.61 Å². The molecule has 7 heteroatoms. The number of ether oxygens (including phenoxy) is 2. The lowest BCUT2D eigenvalue weighted by Gasteiger charge is -2.10. The van der Waals surface area contributed by atoms with Crippen molar-refractivity contribution in [1.82, 2.24) is 10.3 Å². The minimum absolute atomic E-state index is 0.00781. The average molecular weight is 314 g/mol. The van der Waals surface area contributed by atoms with E-state index in [4.69, 9.17) is 4.74 Å². The number of benzene rings is 1. The van der Waals surface area contributed by atoms with Gasteiger partial charge in [0.25, 0.3) is 0 Å². The first-order valence-corrected chi connectivity index (χ1v) is 7.30. The molecule has 1 heterocycles. The Morgan fingerprint density at radius 3 is 2.81 bits per heavy atom. The van der Waals surface area contributed by atoms with Crippen LogP contribution in [0.25, 0.3) is 10.6 Å². The molecule has 114 valence electrons. The SMILES string of the molecule is CCNCc1csc(-c2ccc(OC)c(OC(F)F)c2)n1. The van der Waals surface area contributed by atoms with Crippen LogP contribution >= 0.6 is 11.3 Å². The molecule has 0 unspecified atom stereocenters. The smallest absolute Gasteiger partial charge is 0.387 e. The lowest BCUT2D eigenvalue weighted by molar-refractivity contribution is -0.0511. The third-order valence-electron chi connectivity index (χ3n) is 2.73. The number of methoxy groups -OCH3 is 1. The Balaban J connectivity index is 2.24. The minimum Gasteiger partial charge on any atom is -0.493 e. The van der Waals surface area contributed by atoms with Gasteiger partial charge in [-0.1, -0.05) is 6.92 Å². The molecule has 1 N–H and O–H groups in total. The normalized spacial score (nSPS) is 10.9. The largest absolute Gasteiger partial charge is 0.493 e. The van der Waals surface area contributed by atoms with Crippen LogP contribution in [0.3, 0.4) is 0 Å². The van der Waals surface area contributed by atoms with Gasteiger partial charge in [-0.25, -0.2) is 4.98 Å². The molecule has 2 aromatic rings. The number of hydrogen-bond acceptors (Lipinski definition) is 5. The zero-order chi connectivity index (χ0) is 15.2. The van der Waals surface area contributed by atoms with Crippen LogP contribution in [0.5, 0.6) is 11.5 Å². The highest BCUT2D eigenvalue weighted by Gasteiger charge is 2.13. The van der Waals surface area contributed by atoms with Crippen molar-refractivity contribution in [2.45, 2.75) is 20.1 Å². The summed E-state index contributed by atoms with van der Waals surface area (Å²) < 4.78 is 34.3. The highest BCUT2D eigenvalue weighted by atomic mass is 32.1. The molecule has 0 aliphatic carbocycles. The first kappa shape index (κ1) is 15.7. The standard InChI is InChI=1S/C14H16F2N2O2S/c1-3-17-7-10-8-21-13(18-10)9-4-5-11(19-2)12(6-9)20-14(15)16/h4-6,8,14,17H,3,7H2,1-2H3. The summed E-state index contributed by atoms with van der Waals surface area (Å²) in [5, 5.41) is 5.88. The third-order valence-corrected chi connectivity index (χ3v) is 3.67. The van der Waals surface area contributed by atoms with Crippen LogP contribution in [-0.4, -0.2) is 25.3 Å². The second kappa shape index (κ2) is 7.33. The van der Waals surface area contributed by atoms with Gasteiger partial charge in [0.1, 0.15) is 5.01 Å². The first-order chi connectivity index (χ1) is 10.1. The van der Waals surface area contributed by atoms with Crippen molar-refractivity contribution in [2.75, 3.05) is 13.7 Å². The van der Waals surface area contributed by atoms with Crippen LogP contribution in [0.15, 0.2) is 23.6 Å². The summed E-state index contributed by atoms with van der Waals surface area (Å²) in [6.07, 6.45) is 0. The summed E-state index contributed by atoms with van der Waals surface area (Å²) in [6.45, 7) is 0.672. The Bertz CT molecular complexity index is 590. The summed E-state index contributed by atoms with van der Waals surface area (Å²) >= 11 is 1.46. The molecule has 1 aromatic heterocycles. The second-order valence-corrected chi connectivity index (χ2v) is 5.03. The molecular weight excluding hydrogens is 298 g/mol. The molecule has 0 amide bonds. The van der Waals surface area contributed by atoms with Crippen LogP contribution in [0.1, 0.15) is 12.6 Å². The quantitative estimate of drug-likeness (QED) is 0.849. The zero-order valence-electron chi connectivity index (χ0n) is 11.7. The van der Waals surface area contributed by atoms with Gasteiger partial charge in [-0.05, 0) is 24.7 Å². The van der Waals surface area contributed by atoms with E-state index in [1.165, 1.54) is 24.5 Å². The van der Waals surface area contributed by atoms with Gasteiger partial charge < -0.3 is 14.8 Å². The average Bonchev–Trinajstić information content (AvgIpc) is 2.93. The lowest BCUT2D eigenvalue weighted by Crippen LogP contribution is -2.11. The van der Waals surface area contributed by atoms with E-state index in [2.05, 4.69) is 15.0 Å². The monoisotopic (exact) mass is 314 g/mol. The topological polar surface area (TPSA) is 43.4 Å². The molecule has 4 nitrogen and oxygen atoms in total. The fraction of sp³-hybridized carbons (Fsp3) is 0.357. The van der Waals surface area contributed by atoms with Gasteiger partial charge in [-0.3, -0.25) is 0 Å². The fourth-order valence-electron chi connectivity index (χ4n) is 1.77. The molecule has 0 aliphatic rings. The second-order valence-electron chi connectivity index (χ2n) is 4.17. The van der Waals surface area contributed by atoms with Crippen LogP contribution in [0, 0.1) is 0 Å². The van der Waals surface area contributed by atoms with Crippen molar-refractivity contribution in [3.05, 3.63) is 29.3 Å². The van der Waals surface area contributed by atoms with Crippen LogP contribution in [-0.2, 0) is 6.54 Å². The molecule has 0 bridgehead atoms. The Morgan fingerprint density at radius 2 is 2.14 bits per heavy atom. The van der Waals surface area contributed by atoms with Crippen LogP contribution < -0.4 is 14.8 Å². The summed E-state index contributed by atoms with van der Waals surface area (Å²) in [5.74, 6) is 0.275. The van der Waals surface area contributed by atoms with Gasteiger partial charge in [-0.15, -0.1) is 11.3 Å². The van der Waals surface area contributed by atoms with Crippen LogP contribution in [0.4, 0.5) is 8.78 Å². The number of rotatable bonds is 7.